The van der Waals surface area contributed by atoms with Crippen molar-refractivity contribution in [1.29, 1.82) is 0 Å². The summed E-state index contributed by atoms with van der Waals surface area (Å²) >= 11 is 0. The SMILES string of the molecule is CN(C)C1=NCC(c2cc3ccccc3o2)C1. The number of para-hydroxylation sites is 1. The molecule has 2 aromatic rings. The largest absolute Gasteiger partial charge is 0.461 e. The van der Waals surface area contributed by atoms with Crippen molar-refractivity contribution in [3.63, 3.8) is 0 Å². The molecule has 0 aliphatic carbocycles. The highest BCUT2D eigenvalue weighted by molar-refractivity contribution is 5.85. The van der Waals surface area contributed by atoms with Crippen molar-refractivity contribution >= 4 is 16.8 Å². The Labute approximate surface area is 101 Å². The van der Waals surface area contributed by atoms with E-state index >= 15 is 0 Å². The molecule has 0 spiro atoms. The first-order valence-corrected chi connectivity index (χ1v) is 5.93. The summed E-state index contributed by atoms with van der Waals surface area (Å²) in [6.07, 6.45) is 0.979. The number of furan rings is 1. The molecule has 1 atom stereocenters. The van der Waals surface area contributed by atoms with Gasteiger partial charge in [-0.2, -0.15) is 0 Å². The van der Waals surface area contributed by atoms with Crippen LogP contribution in [0.4, 0.5) is 0 Å². The number of aliphatic imine (C=N–C) groups is 1. The summed E-state index contributed by atoms with van der Waals surface area (Å²) < 4.78 is 5.89. The molecule has 3 rings (SSSR count). The molecular formula is C14H16N2O. The van der Waals surface area contributed by atoms with Gasteiger partial charge >= 0.3 is 0 Å². The molecule has 0 radical (unpaired) electrons. The van der Waals surface area contributed by atoms with Gasteiger partial charge in [0, 0.05) is 31.8 Å². The number of amidine groups is 1. The Bertz CT molecular complexity index is 535. The minimum absolute atomic E-state index is 0.403. The van der Waals surface area contributed by atoms with Crippen LogP contribution in [0, 0.1) is 0 Å². The lowest BCUT2D eigenvalue weighted by atomic mass is 10.0. The van der Waals surface area contributed by atoms with E-state index in [1.165, 1.54) is 5.39 Å². The van der Waals surface area contributed by atoms with Gasteiger partial charge in [-0.1, -0.05) is 18.2 Å². The summed E-state index contributed by atoms with van der Waals surface area (Å²) in [7, 11) is 4.08. The van der Waals surface area contributed by atoms with Crippen LogP contribution in [0.3, 0.4) is 0 Å². The van der Waals surface area contributed by atoms with E-state index in [0.29, 0.717) is 5.92 Å². The lowest BCUT2D eigenvalue weighted by Gasteiger charge is -2.12. The van der Waals surface area contributed by atoms with Crippen molar-refractivity contribution in [2.75, 3.05) is 20.6 Å². The number of nitrogens with zero attached hydrogens (tertiary/aromatic N) is 2. The van der Waals surface area contributed by atoms with Gasteiger partial charge in [-0.25, -0.2) is 0 Å². The van der Waals surface area contributed by atoms with Crippen LogP contribution < -0.4 is 0 Å². The molecule has 1 aliphatic heterocycles. The number of hydrogen-bond donors (Lipinski definition) is 0. The summed E-state index contributed by atoms with van der Waals surface area (Å²) in [5, 5.41) is 1.18. The minimum atomic E-state index is 0.403. The highest BCUT2D eigenvalue weighted by atomic mass is 16.3. The highest BCUT2D eigenvalue weighted by Crippen LogP contribution is 2.30. The van der Waals surface area contributed by atoms with E-state index in [9.17, 15) is 0 Å². The third-order valence-corrected chi connectivity index (χ3v) is 3.29. The number of rotatable bonds is 1. The molecular weight excluding hydrogens is 212 g/mol. The monoisotopic (exact) mass is 228 g/mol. The molecule has 0 saturated carbocycles. The normalized spacial score (nSPS) is 19.6. The zero-order valence-corrected chi connectivity index (χ0v) is 10.2. The molecule has 1 aromatic heterocycles. The first kappa shape index (κ1) is 10.4. The van der Waals surface area contributed by atoms with Gasteiger partial charge < -0.3 is 9.32 Å². The minimum Gasteiger partial charge on any atom is -0.461 e. The van der Waals surface area contributed by atoms with E-state index in [4.69, 9.17) is 4.42 Å². The van der Waals surface area contributed by atoms with Gasteiger partial charge in [0.05, 0.1) is 12.4 Å². The van der Waals surface area contributed by atoms with Crippen LogP contribution in [-0.2, 0) is 0 Å². The van der Waals surface area contributed by atoms with E-state index in [1.807, 2.05) is 32.3 Å². The standard InChI is InChI=1S/C14H16N2O/c1-16(2)14-8-11(9-15-14)13-7-10-5-3-4-6-12(10)17-13/h3-7,11H,8-9H2,1-2H3. The molecule has 0 saturated heterocycles. The van der Waals surface area contributed by atoms with Gasteiger partial charge in [-0.3, -0.25) is 4.99 Å². The maximum atomic E-state index is 5.89. The second-order valence-electron chi connectivity index (χ2n) is 4.74. The summed E-state index contributed by atoms with van der Waals surface area (Å²) in [6, 6.07) is 10.3. The summed E-state index contributed by atoms with van der Waals surface area (Å²) in [5.41, 5.74) is 0.973. The van der Waals surface area contributed by atoms with Crippen LogP contribution in [0.5, 0.6) is 0 Å². The molecule has 2 heterocycles. The lowest BCUT2D eigenvalue weighted by Crippen LogP contribution is -2.20. The Morgan fingerprint density at radius 3 is 2.82 bits per heavy atom. The van der Waals surface area contributed by atoms with Crippen molar-refractivity contribution in [3.05, 3.63) is 36.1 Å². The van der Waals surface area contributed by atoms with Gasteiger partial charge in [0.25, 0.3) is 0 Å². The number of fused-ring (bicyclic) bond motifs is 1. The third kappa shape index (κ3) is 1.82. The van der Waals surface area contributed by atoms with Crippen molar-refractivity contribution in [2.45, 2.75) is 12.3 Å². The second-order valence-corrected chi connectivity index (χ2v) is 4.74. The molecule has 1 aromatic carbocycles. The van der Waals surface area contributed by atoms with Crippen molar-refractivity contribution in [2.24, 2.45) is 4.99 Å². The molecule has 0 fully saturated rings. The van der Waals surface area contributed by atoms with Crippen LogP contribution >= 0.6 is 0 Å². The average molecular weight is 228 g/mol. The Morgan fingerprint density at radius 2 is 2.12 bits per heavy atom. The maximum absolute atomic E-state index is 5.89. The number of hydrogen-bond acceptors (Lipinski definition) is 3. The topological polar surface area (TPSA) is 28.7 Å². The Kier molecular flexibility index (Phi) is 2.39. The van der Waals surface area contributed by atoms with Crippen LogP contribution in [0.25, 0.3) is 11.0 Å². The molecule has 88 valence electrons. The fraction of sp³-hybridized carbons (Fsp3) is 0.357. The number of benzene rings is 1. The molecule has 1 unspecified atom stereocenters. The van der Waals surface area contributed by atoms with Gasteiger partial charge in [0.15, 0.2) is 0 Å². The van der Waals surface area contributed by atoms with Crippen LogP contribution in [0.1, 0.15) is 18.1 Å². The lowest BCUT2D eigenvalue weighted by molar-refractivity contribution is 0.504. The first-order valence-electron chi connectivity index (χ1n) is 5.93. The van der Waals surface area contributed by atoms with Crippen molar-refractivity contribution < 1.29 is 4.42 Å². The molecule has 0 N–H and O–H groups in total. The summed E-state index contributed by atoms with van der Waals surface area (Å²) in [6.45, 7) is 0.841. The van der Waals surface area contributed by atoms with Crippen molar-refractivity contribution in [3.8, 4) is 0 Å². The van der Waals surface area contributed by atoms with Gasteiger partial charge in [0.2, 0.25) is 0 Å². The fourth-order valence-corrected chi connectivity index (χ4v) is 2.28. The Morgan fingerprint density at radius 1 is 1.29 bits per heavy atom. The Hall–Kier alpha value is -1.77. The fourth-order valence-electron chi connectivity index (χ4n) is 2.28. The Balaban J connectivity index is 1.87. The molecule has 0 bridgehead atoms. The van der Waals surface area contributed by atoms with Crippen LogP contribution in [0.15, 0.2) is 39.7 Å². The second kappa shape index (κ2) is 3.91. The molecule has 17 heavy (non-hydrogen) atoms. The average Bonchev–Trinajstić information content (AvgIpc) is 2.95. The van der Waals surface area contributed by atoms with Crippen molar-refractivity contribution in [1.82, 2.24) is 4.90 Å². The zero-order valence-electron chi connectivity index (χ0n) is 10.2. The third-order valence-electron chi connectivity index (χ3n) is 3.29. The summed E-state index contributed by atoms with van der Waals surface area (Å²) in [5.74, 6) is 2.63. The van der Waals surface area contributed by atoms with Crippen LogP contribution in [-0.4, -0.2) is 31.4 Å². The van der Waals surface area contributed by atoms with Gasteiger partial charge in [-0.05, 0) is 12.1 Å². The molecule has 3 nitrogen and oxygen atoms in total. The zero-order chi connectivity index (χ0) is 11.8. The van der Waals surface area contributed by atoms with E-state index < -0.39 is 0 Å². The van der Waals surface area contributed by atoms with Gasteiger partial charge in [0.1, 0.15) is 11.3 Å². The molecule has 3 heteroatoms. The molecule has 0 amide bonds. The summed E-state index contributed by atoms with van der Waals surface area (Å²) in [4.78, 5) is 6.63. The predicted molar refractivity (Wildman–Crippen MR) is 69.6 cm³/mol. The molecule has 1 aliphatic rings. The van der Waals surface area contributed by atoms with Crippen LogP contribution in [0.2, 0.25) is 0 Å². The quantitative estimate of drug-likeness (QED) is 0.751. The van der Waals surface area contributed by atoms with E-state index in [1.54, 1.807) is 0 Å². The van der Waals surface area contributed by atoms with Gasteiger partial charge in [-0.15, -0.1) is 0 Å². The van der Waals surface area contributed by atoms with E-state index in [2.05, 4.69) is 22.0 Å². The maximum Gasteiger partial charge on any atom is 0.134 e. The highest BCUT2D eigenvalue weighted by Gasteiger charge is 2.24. The van der Waals surface area contributed by atoms with E-state index in [-0.39, 0.29) is 0 Å². The predicted octanol–water partition coefficient (Wildman–Crippen LogP) is 2.88. The first-order chi connectivity index (χ1) is 8.24. The van der Waals surface area contributed by atoms with E-state index in [0.717, 1.165) is 30.1 Å². The smallest absolute Gasteiger partial charge is 0.134 e.